The third-order valence-electron chi connectivity index (χ3n) is 7.78. The SMILES string of the molecule is O=C(NCC1(CN2CCOCC2)CCCCC1)N1C[C@@H]2CCC[C@@]2(C(=O)O)C1. The third-order valence-corrected chi connectivity index (χ3v) is 7.78. The van der Waals surface area contributed by atoms with Gasteiger partial charge in [0.2, 0.25) is 0 Å². The molecule has 0 unspecified atom stereocenters. The van der Waals surface area contributed by atoms with Crippen LogP contribution in [0.3, 0.4) is 0 Å². The highest BCUT2D eigenvalue weighted by atomic mass is 16.5. The molecule has 2 aliphatic heterocycles. The number of amides is 2. The Balaban J connectivity index is 1.36. The van der Waals surface area contributed by atoms with Gasteiger partial charge in [-0.25, -0.2) is 4.79 Å². The number of morpholine rings is 1. The Bertz CT molecular complexity index is 586. The fourth-order valence-corrected chi connectivity index (χ4v) is 6.09. The Hall–Kier alpha value is -1.34. The van der Waals surface area contributed by atoms with Crippen LogP contribution in [0, 0.1) is 16.7 Å². The van der Waals surface area contributed by atoms with Gasteiger partial charge in [0.25, 0.3) is 0 Å². The lowest BCUT2D eigenvalue weighted by Gasteiger charge is -2.42. The monoisotopic (exact) mass is 393 g/mol. The molecule has 0 bridgehead atoms. The molecule has 158 valence electrons. The van der Waals surface area contributed by atoms with Gasteiger partial charge in [0.05, 0.1) is 18.6 Å². The summed E-state index contributed by atoms with van der Waals surface area (Å²) in [6, 6.07) is -0.0676. The molecule has 2 amide bonds. The van der Waals surface area contributed by atoms with E-state index < -0.39 is 11.4 Å². The minimum Gasteiger partial charge on any atom is -0.481 e. The molecule has 7 heteroatoms. The summed E-state index contributed by atoms with van der Waals surface area (Å²) < 4.78 is 5.49. The van der Waals surface area contributed by atoms with Crippen molar-refractivity contribution >= 4 is 12.0 Å². The maximum atomic E-state index is 12.9. The molecule has 0 spiro atoms. The minimum absolute atomic E-state index is 0.0676. The van der Waals surface area contributed by atoms with Gasteiger partial charge in [-0.3, -0.25) is 9.69 Å². The van der Waals surface area contributed by atoms with Crippen LogP contribution in [0.15, 0.2) is 0 Å². The van der Waals surface area contributed by atoms with Gasteiger partial charge in [0.1, 0.15) is 0 Å². The molecule has 2 atom stereocenters. The van der Waals surface area contributed by atoms with E-state index in [2.05, 4.69) is 10.2 Å². The van der Waals surface area contributed by atoms with E-state index in [0.29, 0.717) is 26.1 Å². The van der Waals surface area contributed by atoms with Crippen LogP contribution in [0.1, 0.15) is 51.4 Å². The third kappa shape index (κ3) is 3.88. The van der Waals surface area contributed by atoms with E-state index in [4.69, 9.17) is 4.74 Å². The molecular formula is C21H35N3O4. The molecule has 28 heavy (non-hydrogen) atoms. The van der Waals surface area contributed by atoms with E-state index in [-0.39, 0.29) is 17.4 Å². The normalized spacial score (nSPS) is 32.9. The Morgan fingerprint density at radius 1 is 1.07 bits per heavy atom. The molecule has 4 rings (SSSR count). The van der Waals surface area contributed by atoms with Gasteiger partial charge >= 0.3 is 12.0 Å². The first-order valence-corrected chi connectivity index (χ1v) is 11.1. The van der Waals surface area contributed by atoms with E-state index in [9.17, 15) is 14.7 Å². The highest BCUT2D eigenvalue weighted by Gasteiger charge is 2.55. The second kappa shape index (κ2) is 8.19. The number of carbonyl (C=O) groups excluding carboxylic acids is 1. The van der Waals surface area contributed by atoms with Crippen molar-refractivity contribution in [3.63, 3.8) is 0 Å². The summed E-state index contributed by atoms with van der Waals surface area (Å²) in [7, 11) is 0. The predicted molar refractivity (Wildman–Crippen MR) is 105 cm³/mol. The molecule has 7 nitrogen and oxygen atoms in total. The van der Waals surface area contributed by atoms with Crippen molar-refractivity contribution in [2.45, 2.75) is 51.4 Å². The number of carboxylic acids is 1. The van der Waals surface area contributed by atoms with Gasteiger partial charge in [0.15, 0.2) is 0 Å². The van der Waals surface area contributed by atoms with E-state index in [1.165, 1.54) is 19.3 Å². The number of fused-ring (bicyclic) bond motifs is 1. The fourth-order valence-electron chi connectivity index (χ4n) is 6.09. The first-order chi connectivity index (χ1) is 13.5. The highest BCUT2D eigenvalue weighted by Crippen LogP contribution is 2.49. The minimum atomic E-state index is -0.721. The number of urea groups is 1. The molecule has 4 fully saturated rings. The number of nitrogens with one attached hydrogen (secondary N) is 1. The van der Waals surface area contributed by atoms with Gasteiger partial charge in [-0.15, -0.1) is 0 Å². The van der Waals surface area contributed by atoms with Crippen LogP contribution in [-0.2, 0) is 9.53 Å². The van der Waals surface area contributed by atoms with Crippen LogP contribution < -0.4 is 5.32 Å². The van der Waals surface area contributed by atoms with Gasteiger partial charge in [-0.05, 0) is 31.6 Å². The maximum Gasteiger partial charge on any atom is 0.317 e. The average Bonchev–Trinajstić information content (AvgIpc) is 3.26. The van der Waals surface area contributed by atoms with Gasteiger partial charge in [-0.1, -0.05) is 25.7 Å². The molecule has 0 radical (unpaired) electrons. The number of rotatable bonds is 5. The molecule has 0 aromatic rings. The van der Waals surface area contributed by atoms with Crippen molar-refractivity contribution in [1.29, 1.82) is 0 Å². The first kappa shape index (κ1) is 20.0. The van der Waals surface area contributed by atoms with Crippen molar-refractivity contribution < 1.29 is 19.4 Å². The van der Waals surface area contributed by atoms with Crippen molar-refractivity contribution in [3.8, 4) is 0 Å². The van der Waals surface area contributed by atoms with Crippen molar-refractivity contribution in [1.82, 2.24) is 15.1 Å². The van der Waals surface area contributed by atoms with Crippen LogP contribution >= 0.6 is 0 Å². The topological polar surface area (TPSA) is 82.1 Å². The second-order valence-electron chi connectivity index (χ2n) is 9.54. The second-order valence-corrected chi connectivity index (χ2v) is 9.54. The lowest BCUT2D eigenvalue weighted by atomic mass is 9.73. The Morgan fingerprint density at radius 2 is 1.82 bits per heavy atom. The van der Waals surface area contributed by atoms with Crippen molar-refractivity contribution in [2.75, 3.05) is 52.5 Å². The van der Waals surface area contributed by atoms with E-state index in [1.54, 1.807) is 4.90 Å². The quantitative estimate of drug-likeness (QED) is 0.748. The molecule has 2 aliphatic carbocycles. The molecule has 2 heterocycles. The largest absolute Gasteiger partial charge is 0.481 e. The maximum absolute atomic E-state index is 12.9. The smallest absolute Gasteiger partial charge is 0.317 e. The summed E-state index contributed by atoms with van der Waals surface area (Å²) in [5.74, 6) is -0.603. The number of carboxylic acid groups (broad SMARTS) is 1. The van der Waals surface area contributed by atoms with Crippen LogP contribution in [0.5, 0.6) is 0 Å². The van der Waals surface area contributed by atoms with E-state index in [0.717, 1.165) is 58.5 Å². The highest BCUT2D eigenvalue weighted by molar-refractivity contribution is 5.80. The van der Waals surface area contributed by atoms with Crippen molar-refractivity contribution in [2.24, 2.45) is 16.7 Å². The number of hydrogen-bond donors (Lipinski definition) is 2. The summed E-state index contributed by atoms with van der Waals surface area (Å²) in [5.41, 5.74) is -0.557. The molecule has 4 aliphatic rings. The zero-order valence-corrected chi connectivity index (χ0v) is 17.0. The number of aliphatic carboxylic acids is 1. The summed E-state index contributed by atoms with van der Waals surface area (Å²) in [5, 5.41) is 13.0. The molecule has 0 aromatic heterocycles. The van der Waals surface area contributed by atoms with Gasteiger partial charge in [-0.2, -0.15) is 0 Å². The average molecular weight is 394 g/mol. The molecule has 2 saturated carbocycles. The van der Waals surface area contributed by atoms with Crippen LogP contribution in [-0.4, -0.2) is 79.4 Å². The zero-order chi connectivity index (χ0) is 19.6. The summed E-state index contributed by atoms with van der Waals surface area (Å²) in [6.45, 7) is 6.24. The van der Waals surface area contributed by atoms with Gasteiger partial charge in [0, 0.05) is 44.7 Å². The zero-order valence-electron chi connectivity index (χ0n) is 17.0. The number of nitrogens with zero attached hydrogens (tertiary/aromatic N) is 2. The Morgan fingerprint density at radius 3 is 2.50 bits per heavy atom. The summed E-state index contributed by atoms with van der Waals surface area (Å²) in [4.78, 5) is 29.0. The van der Waals surface area contributed by atoms with Crippen molar-refractivity contribution in [3.05, 3.63) is 0 Å². The standard InChI is InChI=1S/C21H35N3O4/c25-18(26)21-8-4-5-17(21)13-24(16-21)19(27)22-14-20(6-2-1-3-7-20)15-23-9-11-28-12-10-23/h17H,1-16H2,(H,22,27)(H,25,26)/t17-,21+/m0/s1. The molecular weight excluding hydrogens is 358 g/mol. The summed E-state index contributed by atoms with van der Waals surface area (Å²) in [6.07, 6.45) is 8.67. The first-order valence-electron chi connectivity index (χ1n) is 11.1. The molecule has 2 N–H and O–H groups in total. The Kier molecular flexibility index (Phi) is 5.83. The molecule has 2 saturated heterocycles. The van der Waals surface area contributed by atoms with E-state index >= 15 is 0 Å². The summed E-state index contributed by atoms with van der Waals surface area (Å²) >= 11 is 0. The predicted octanol–water partition coefficient (Wildman–Crippen LogP) is 2.17. The van der Waals surface area contributed by atoms with E-state index in [1.807, 2.05) is 0 Å². The number of hydrogen-bond acceptors (Lipinski definition) is 4. The van der Waals surface area contributed by atoms with Crippen LogP contribution in [0.4, 0.5) is 4.79 Å². The number of ether oxygens (including phenoxy) is 1. The van der Waals surface area contributed by atoms with Gasteiger partial charge < -0.3 is 20.1 Å². The lowest BCUT2D eigenvalue weighted by molar-refractivity contribution is -0.149. The van der Waals surface area contributed by atoms with Crippen LogP contribution in [0.2, 0.25) is 0 Å². The Labute approximate surface area is 167 Å². The lowest BCUT2D eigenvalue weighted by Crippen LogP contribution is -2.51. The fraction of sp³-hybridized carbons (Fsp3) is 0.905. The van der Waals surface area contributed by atoms with Crippen LogP contribution in [0.25, 0.3) is 0 Å². The number of carbonyl (C=O) groups is 2. The number of likely N-dealkylation sites (tertiary alicyclic amines) is 1. The molecule has 0 aromatic carbocycles.